The molecule has 0 spiro atoms. The maximum atomic E-state index is 13.8. The van der Waals surface area contributed by atoms with E-state index in [1.54, 1.807) is 41.5 Å². The fourth-order valence-corrected chi connectivity index (χ4v) is 4.70. The summed E-state index contributed by atoms with van der Waals surface area (Å²) in [6.45, 7) is 18.2. The van der Waals surface area contributed by atoms with Gasteiger partial charge in [-0.15, -0.1) is 0 Å². The van der Waals surface area contributed by atoms with E-state index < -0.39 is 28.6 Å². The van der Waals surface area contributed by atoms with Crippen molar-refractivity contribution in [2.45, 2.75) is 164 Å². The highest BCUT2D eigenvalue weighted by atomic mass is 16.6. The molecule has 0 aromatic rings. The maximum absolute atomic E-state index is 13.8. The van der Waals surface area contributed by atoms with Gasteiger partial charge in [0.1, 0.15) is 17.3 Å². The predicted octanol–water partition coefficient (Wildman–Crippen LogP) is 7.49. The third-order valence-corrected chi connectivity index (χ3v) is 6.73. The summed E-state index contributed by atoms with van der Waals surface area (Å²) in [5.74, 6) is -1.76. The van der Waals surface area contributed by atoms with Crippen molar-refractivity contribution in [1.82, 2.24) is 0 Å². The minimum absolute atomic E-state index is 0.230. The molecule has 0 aromatic heterocycles. The Bertz CT molecular complexity index is 773. The molecule has 40 heavy (non-hydrogen) atoms. The van der Waals surface area contributed by atoms with Gasteiger partial charge in [0, 0.05) is 6.92 Å². The second-order valence-electron chi connectivity index (χ2n) is 13.8. The number of hydrogen-bond acceptors (Lipinski definition) is 8. The molecule has 0 heterocycles. The summed E-state index contributed by atoms with van der Waals surface area (Å²) in [7, 11) is 1.38. The van der Waals surface area contributed by atoms with Gasteiger partial charge in [-0.1, -0.05) is 46.5 Å². The topological polar surface area (TPSA) is 105 Å². The van der Waals surface area contributed by atoms with Crippen molar-refractivity contribution in [3.05, 3.63) is 0 Å². The first-order valence-corrected chi connectivity index (χ1v) is 15.0. The predicted molar refractivity (Wildman–Crippen MR) is 157 cm³/mol. The van der Waals surface area contributed by atoms with Crippen molar-refractivity contribution in [1.29, 1.82) is 0 Å². The lowest BCUT2D eigenvalue weighted by atomic mass is 9.76. The maximum Gasteiger partial charge on any atom is 0.324 e. The van der Waals surface area contributed by atoms with Gasteiger partial charge in [0.05, 0.1) is 13.5 Å². The molecule has 234 valence electrons. The Morgan fingerprint density at radius 1 is 0.675 bits per heavy atom. The molecule has 0 N–H and O–H groups in total. The Balaban J connectivity index is 5.99. The van der Waals surface area contributed by atoms with Crippen LogP contribution in [-0.2, 0) is 38.1 Å². The molecule has 1 atom stereocenters. The summed E-state index contributed by atoms with van der Waals surface area (Å²) in [5, 5.41) is 0. The van der Waals surface area contributed by atoms with Crippen LogP contribution in [0.25, 0.3) is 0 Å². The number of unbranched alkanes of at least 4 members (excludes halogenated alkanes) is 3. The van der Waals surface area contributed by atoms with Crippen LogP contribution in [0.3, 0.4) is 0 Å². The summed E-state index contributed by atoms with van der Waals surface area (Å²) >= 11 is 0. The highest BCUT2D eigenvalue weighted by molar-refractivity contribution is 6.00. The van der Waals surface area contributed by atoms with Crippen LogP contribution < -0.4 is 0 Å². The molecular formula is C32H58O8. The third-order valence-electron chi connectivity index (χ3n) is 6.73. The molecule has 0 aliphatic rings. The molecule has 8 heteroatoms. The third kappa shape index (κ3) is 16.2. The lowest BCUT2D eigenvalue weighted by molar-refractivity contribution is -0.187. The first-order chi connectivity index (χ1) is 18.3. The van der Waals surface area contributed by atoms with Crippen molar-refractivity contribution in [3.63, 3.8) is 0 Å². The molecule has 0 aromatic carbocycles. The summed E-state index contributed by atoms with van der Waals surface area (Å²) in [6.07, 6.45) is 7.37. The Hall–Kier alpha value is -2.12. The zero-order valence-electron chi connectivity index (χ0n) is 27.3. The van der Waals surface area contributed by atoms with E-state index in [2.05, 4.69) is 6.92 Å². The fraction of sp³-hybridized carbons (Fsp3) is 0.875. The number of hydrogen-bond donors (Lipinski definition) is 0. The minimum atomic E-state index is -1.49. The van der Waals surface area contributed by atoms with Gasteiger partial charge in [0.25, 0.3) is 0 Å². The summed E-state index contributed by atoms with van der Waals surface area (Å²) in [4.78, 5) is 51.1. The van der Waals surface area contributed by atoms with Crippen LogP contribution in [0.5, 0.6) is 0 Å². The smallest absolute Gasteiger partial charge is 0.324 e. The van der Waals surface area contributed by atoms with Crippen molar-refractivity contribution < 1.29 is 38.1 Å². The number of carbonyl (C=O) groups excluding carboxylic acids is 4. The van der Waals surface area contributed by atoms with Gasteiger partial charge in [-0.05, 0) is 91.9 Å². The van der Waals surface area contributed by atoms with Gasteiger partial charge in [-0.3, -0.25) is 19.2 Å². The molecule has 0 saturated heterocycles. The number of esters is 4. The highest BCUT2D eigenvalue weighted by Crippen LogP contribution is 2.39. The second kappa shape index (κ2) is 17.0. The first-order valence-electron chi connectivity index (χ1n) is 15.0. The lowest BCUT2D eigenvalue weighted by Crippen LogP contribution is -2.47. The van der Waals surface area contributed by atoms with Crippen LogP contribution in [0.1, 0.15) is 146 Å². The Morgan fingerprint density at radius 3 is 1.60 bits per heavy atom. The molecule has 0 rings (SSSR count). The minimum Gasteiger partial charge on any atom is -0.469 e. The highest BCUT2D eigenvalue weighted by Gasteiger charge is 2.50. The number of carbonyl (C=O) groups is 4. The van der Waals surface area contributed by atoms with Crippen LogP contribution >= 0.6 is 0 Å². The Morgan fingerprint density at radius 2 is 1.15 bits per heavy atom. The molecule has 0 radical (unpaired) electrons. The number of methoxy groups -OCH3 is 1. The van der Waals surface area contributed by atoms with E-state index in [9.17, 15) is 19.2 Å². The average Bonchev–Trinajstić information content (AvgIpc) is 2.77. The Kier molecular flexibility index (Phi) is 16.1. The van der Waals surface area contributed by atoms with Crippen LogP contribution in [0.15, 0.2) is 0 Å². The quantitative estimate of drug-likeness (QED) is 0.0722. The largest absolute Gasteiger partial charge is 0.469 e. The van der Waals surface area contributed by atoms with E-state index in [1.165, 1.54) is 14.0 Å². The van der Waals surface area contributed by atoms with Crippen LogP contribution in [0.2, 0.25) is 0 Å². The van der Waals surface area contributed by atoms with Crippen LogP contribution in [0, 0.1) is 10.8 Å². The van der Waals surface area contributed by atoms with E-state index in [0.29, 0.717) is 32.1 Å². The molecule has 0 aliphatic heterocycles. The zero-order valence-corrected chi connectivity index (χ0v) is 27.3. The number of rotatable bonds is 18. The SMILES string of the molecule is CCCCCC(CCCC(CCCCC(C)(C)CC(=O)OC)(C(=O)OC(C)(C)C)C(=O)OC(C)(C)C)OC(C)=O. The van der Waals surface area contributed by atoms with Gasteiger partial charge in [0.15, 0.2) is 5.41 Å². The van der Waals surface area contributed by atoms with Crippen LogP contribution in [-0.4, -0.2) is 48.3 Å². The molecule has 0 bridgehead atoms. The molecule has 0 amide bonds. The summed E-state index contributed by atoms with van der Waals surface area (Å²) in [6, 6.07) is 0. The molecule has 0 aliphatic carbocycles. The van der Waals surface area contributed by atoms with Crippen molar-refractivity contribution >= 4 is 23.9 Å². The van der Waals surface area contributed by atoms with Gasteiger partial charge in [-0.2, -0.15) is 0 Å². The second-order valence-corrected chi connectivity index (χ2v) is 13.8. The van der Waals surface area contributed by atoms with Gasteiger partial charge >= 0.3 is 23.9 Å². The van der Waals surface area contributed by atoms with Gasteiger partial charge < -0.3 is 18.9 Å². The van der Waals surface area contributed by atoms with E-state index >= 15 is 0 Å². The number of ether oxygens (including phenoxy) is 4. The van der Waals surface area contributed by atoms with Crippen molar-refractivity contribution in [2.24, 2.45) is 10.8 Å². The molecule has 1 unspecified atom stereocenters. The van der Waals surface area contributed by atoms with E-state index in [0.717, 1.165) is 32.1 Å². The molecule has 0 saturated carbocycles. The summed E-state index contributed by atoms with van der Waals surface area (Å²) in [5.41, 5.74) is -3.33. The molecule has 0 fully saturated rings. The van der Waals surface area contributed by atoms with E-state index in [-0.39, 0.29) is 36.3 Å². The molecular weight excluding hydrogens is 512 g/mol. The van der Waals surface area contributed by atoms with Crippen LogP contribution in [0.4, 0.5) is 0 Å². The average molecular weight is 571 g/mol. The summed E-state index contributed by atoms with van der Waals surface area (Å²) < 4.78 is 22.0. The fourth-order valence-electron chi connectivity index (χ4n) is 4.70. The van der Waals surface area contributed by atoms with Crippen molar-refractivity contribution in [3.8, 4) is 0 Å². The lowest BCUT2D eigenvalue weighted by Gasteiger charge is -2.35. The standard InChI is InChI=1S/C32H58O8/c1-12-13-14-18-25(38-24(2)33)19-17-22-32(27(35)39-29(3,4)5,28(36)40-30(6,7)8)21-16-15-20-31(9,10)23-26(34)37-11/h25H,12-23H2,1-11H3. The first kappa shape index (κ1) is 37.9. The van der Waals surface area contributed by atoms with E-state index in [4.69, 9.17) is 18.9 Å². The zero-order chi connectivity index (χ0) is 31.2. The van der Waals surface area contributed by atoms with Crippen molar-refractivity contribution in [2.75, 3.05) is 7.11 Å². The molecule has 8 nitrogen and oxygen atoms in total. The van der Waals surface area contributed by atoms with Gasteiger partial charge in [0.2, 0.25) is 0 Å². The van der Waals surface area contributed by atoms with Gasteiger partial charge in [-0.25, -0.2) is 0 Å². The normalized spacial score (nSPS) is 13.4. The monoisotopic (exact) mass is 570 g/mol. The Labute approximate surface area is 243 Å². The van der Waals surface area contributed by atoms with E-state index in [1.807, 2.05) is 13.8 Å².